The molecule has 9 heteroatoms. The summed E-state index contributed by atoms with van der Waals surface area (Å²) in [5.74, 6) is 0.567. The van der Waals surface area contributed by atoms with Crippen molar-refractivity contribution in [3.63, 3.8) is 0 Å². The van der Waals surface area contributed by atoms with Gasteiger partial charge in [-0.1, -0.05) is 54.9 Å². The Labute approximate surface area is 196 Å². The topological polar surface area (TPSA) is 80.2 Å². The molecule has 0 radical (unpaired) electrons. The maximum absolute atomic E-state index is 13.3. The van der Waals surface area contributed by atoms with Gasteiger partial charge in [0.25, 0.3) is 0 Å². The maximum Gasteiger partial charge on any atom is 0.233 e. The molecule has 1 aliphatic carbocycles. The molecular weight excluding hydrogens is 462 g/mol. The number of rotatable bonds is 6. The smallest absolute Gasteiger partial charge is 0.233 e. The lowest BCUT2D eigenvalue weighted by molar-refractivity contribution is -0.132. The minimum absolute atomic E-state index is 0.0225. The maximum atomic E-state index is 13.3. The minimum atomic E-state index is -3.04. The van der Waals surface area contributed by atoms with Gasteiger partial charge in [0.15, 0.2) is 9.84 Å². The molecule has 1 atom stereocenters. The van der Waals surface area contributed by atoms with Gasteiger partial charge in [-0.05, 0) is 30.9 Å². The lowest BCUT2D eigenvalue weighted by Crippen LogP contribution is -2.47. The molecule has 1 aromatic carbocycles. The normalized spacial score (nSPS) is 20.7. The van der Waals surface area contributed by atoms with E-state index >= 15 is 0 Å². The monoisotopic (exact) mass is 487 g/mol. The van der Waals surface area contributed by atoms with Crippen LogP contribution in [0.2, 0.25) is 0 Å². The van der Waals surface area contributed by atoms with Gasteiger partial charge in [-0.15, -0.1) is 11.3 Å². The van der Waals surface area contributed by atoms with Gasteiger partial charge in [0, 0.05) is 22.3 Å². The summed E-state index contributed by atoms with van der Waals surface area (Å²) in [6.45, 7) is 0. The van der Waals surface area contributed by atoms with Crippen LogP contribution in [0.5, 0.6) is 0 Å². The van der Waals surface area contributed by atoms with Crippen LogP contribution in [0.3, 0.4) is 0 Å². The summed E-state index contributed by atoms with van der Waals surface area (Å²) in [6, 6.07) is 12.2. The number of amides is 1. The highest BCUT2D eigenvalue weighted by Gasteiger charge is 2.38. The predicted molar refractivity (Wildman–Crippen MR) is 130 cm³/mol. The van der Waals surface area contributed by atoms with Crippen molar-refractivity contribution in [2.45, 2.75) is 49.2 Å². The van der Waals surface area contributed by atoms with Gasteiger partial charge in [0.05, 0.1) is 17.3 Å². The van der Waals surface area contributed by atoms with E-state index in [2.05, 4.69) is 28.2 Å². The zero-order valence-corrected chi connectivity index (χ0v) is 20.1. The van der Waals surface area contributed by atoms with E-state index in [1.165, 1.54) is 11.8 Å². The molecule has 3 heterocycles. The number of benzene rings is 1. The summed E-state index contributed by atoms with van der Waals surface area (Å²) in [7, 11) is -3.04. The van der Waals surface area contributed by atoms with E-state index in [1.54, 1.807) is 17.7 Å². The second kappa shape index (κ2) is 9.11. The fourth-order valence-corrected chi connectivity index (χ4v) is 8.40. The van der Waals surface area contributed by atoms with Crippen LogP contribution in [0.4, 0.5) is 0 Å². The summed E-state index contributed by atoms with van der Waals surface area (Å²) in [5, 5.41) is 1.76. The first-order chi connectivity index (χ1) is 15.5. The number of hydrogen-bond donors (Lipinski definition) is 0. The molecule has 1 saturated heterocycles. The third-order valence-electron chi connectivity index (χ3n) is 6.29. The van der Waals surface area contributed by atoms with Crippen molar-refractivity contribution in [3.05, 3.63) is 42.7 Å². The molecule has 3 aromatic rings. The van der Waals surface area contributed by atoms with Crippen molar-refractivity contribution in [2.24, 2.45) is 0 Å². The van der Waals surface area contributed by atoms with Crippen LogP contribution in [0.25, 0.3) is 20.7 Å². The first-order valence-corrected chi connectivity index (χ1v) is 14.6. The lowest BCUT2D eigenvalue weighted by Gasteiger charge is -2.34. The van der Waals surface area contributed by atoms with Crippen LogP contribution >= 0.6 is 23.1 Å². The molecule has 5 rings (SSSR count). The highest BCUT2D eigenvalue weighted by atomic mass is 32.2. The Hall–Kier alpha value is -1.97. The van der Waals surface area contributed by atoms with Gasteiger partial charge in [0.1, 0.15) is 16.2 Å². The van der Waals surface area contributed by atoms with Crippen molar-refractivity contribution in [1.82, 2.24) is 14.9 Å². The highest BCUT2D eigenvalue weighted by Crippen LogP contribution is 2.37. The third kappa shape index (κ3) is 4.56. The number of carbonyl (C=O) groups is 1. The minimum Gasteiger partial charge on any atom is -0.335 e. The largest absolute Gasteiger partial charge is 0.335 e. The quantitative estimate of drug-likeness (QED) is 0.379. The van der Waals surface area contributed by atoms with Crippen LogP contribution in [0.15, 0.2) is 47.8 Å². The Balaban J connectivity index is 1.35. The van der Waals surface area contributed by atoms with Crippen molar-refractivity contribution < 1.29 is 13.2 Å². The van der Waals surface area contributed by atoms with Crippen molar-refractivity contribution >= 4 is 49.1 Å². The number of thiophene rings is 1. The molecule has 0 spiro atoms. The number of carbonyl (C=O) groups excluding carboxylic acids is 1. The summed E-state index contributed by atoms with van der Waals surface area (Å²) in [6.07, 6.45) is 6.25. The van der Waals surface area contributed by atoms with Crippen LogP contribution in [-0.2, 0) is 14.6 Å². The van der Waals surface area contributed by atoms with Gasteiger partial charge in [-0.3, -0.25) is 4.79 Å². The van der Waals surface area contributed by atoms with E-state index in [4.69, 9.17) is 0 Å². The number of hydrogen-bond acceptors (Lipinski definition) is 7. The molecule has 6 nitrogen and oxygen atoms in total. The average molecular weight is 488 g/mol. The number of thioether (sulfide) groups is 1. The molecule has 2 fully saturated rings. The van der Waals surface area contributed by atoms with Gasteiger partial charge in [0.2, 0.25) is 5.91 Å². The molecule has 2 aromatic heterocycles. The standard InChI is InChI=1S/C23H25N3O3S3/c27-21(26(17-8-4-5-9-17)18-10-11-32(28,29)14-18)13-30-22-19-12-20(16-6-2-1-3-7-16)31-23(19)25-15-24-22/h1-3,6-7,12,15,17-18H,4-5,8-11,13-14H2. The Morgan fingerprint density at radius 1 is 1.09 bits per heavy atom. The molecule has 1 saturated carbocycles. The van der Waals surface area contributed by atoms with Crippen molar-refractivity contribution in [2.75, 3.05) is 17.3 Å². The number of sulfone groups is 1. The molecule has 2 aliphatic rings. The van der Waals surface area contributed by atoms with Crippen molar-refractivity contribution in [3.8, 4) is 10.4 Å². The summed E-state index contributed by atoms with van der Waals surface area (Å²) in [4.78, 5) is 26.2. The lowest BCUT2D eigenvalue weighted by atomic mass is 10.1. The van der Waals surface area contributed by atoms with Crippen LogP contribution < -0.4 is 0 Å². The van der Waals surface area contributed by atoms with Crippen molar-refractivity contribution in [1.29, 1.82) is 0 Å². The Bertz CT molecular complexity index is 1220. The molecule has 1 aliphatic heterocycles. The first-order valence-electron chi connectivity index (χ1n) is 10.9. The zero-order valence-electron chi connectivity index (χ0n) is 17.6. The SMILES string of the molecule is O=C(CSc1ncnc2sc(-c3ccccc3)cc12)N(C1CCCC1)C1CCS(=O)(=O)C1. The van der Waals surface area contributed by atoms with Crippen LogP contribution in [-0.4, -0.2) is 58.5 Å². The van der Waals surface area contributed by atoms with Crippen LogP contribution in [0, 0.1) is 0 Å². The number of fused-ring (bicyclic) bond motifs is 1. The number of aromatic nitrogens is 2. The second-order valence-corrected chi connectivity index (χ2v) is 12.7. The van der Waals surface area contributed by atoms with E-state index in [9.17, 15) is 13.2 Å². The highest BCUT2D eigenvalue weighted by molar-refractivity contribution is 8.00. The fourth-order valence-electron chi connectivity index (χ4n) is 4.78. The molecule has 0 bridgehead atoms. The molecule has 168 valence electrons. The average Bonchev–Trinajstić information content (AvgIpc) is 3.53. The summed E-state index contributed by atoms with van der Waals surface area (Å²) in [5.41, 5.74) is 1.14. The zero-order chi connectivity index (χ0) is 22.1. The van der Waals surface area contributed by atoms with Gasteiger partial charge >= 0.3 is 0 Å². The van der Waals surface area contributed by atoms with Gasteiger partial charge in [-0.2, -0.15) is 0 Å². The van der Waals surface area contributed by atoms with Crippen LogP contribution in [0.1, 0.15) is 32.1 Å². The molecule has 0 N–H and O–H groups in total. The Morgan fingerprint density at radius 3 is 2.59 bits per heavy atom. The molecule has 1 amide bonds. The predicted octanol–water partition coefficient (Wildman–Crippen LogP) is 4.41. The molecule has 32 heavy (non-hydrogen) atoms. The Kier molecular flexibility index (Phi) is 6.22. The molecular formula is C23H25N3O3S3. The fraction of sp³-hybridized carbons (Fsp3) is 0.435. The Morgan fingerprint density at radius 2 is 1.88 bits per heavy atom. The van der Waals surface area contributed by atoms with E-state index in [1.807, 2.05) is 23.1 Å². The van der Waals surface area contributed by atoms with Gasteiger partial charge in [-0.25, -0.2) is 18.4 Å². The van der Waals surface area contributed by atoms with E-state index in [0.29, 0.717) is 6.42 Å². The van der Waals surface area contributed by atoms with Gasteiger partial charge < -0.3 is 4.90 Å². The summed E-state index contributed by atoms with van der Waals surface area (Å²) >= 11 is 3.05. The van der Waals surface area contributed by atoms with E-state index in [0.717, 1.165) is 51.4 Å². The summed E-state index contributed by atoms with van der Waals surface area (Å²) < 4.78 is 24.1. The molecule has 1 unspecified atom stereocenters. The third-order valence-corrected chi connectivity index (χ3v) is 10.1. The van der Waals surface area contributed by atoms with E-state index in [-0.39, 0.29) is 35.2 Å². The number of nitrogens with zero attached hydrogens (tertiary/aromatic N) is 3. The second-order valence-electron chi connectivity index (χ2n) is 8.46. The van der Waals surface area contributed by atoms with E-state index < -0.39 is 9.84 Å². The first kappa shape index (κ1) is 21.9.